The first kappa shape index (κ1) is 14.1. The first-order chi connectivity index (χ1) is 9.27. The van der Waals surface area contributed by atoms with Gasteiger partial charge in [-0.05, 0) is 42.8 Å². The van der Waals surface area contributed by atoms with Crippen molar-refractivity contribution < 1.29 is 4.74 Å². The van der Waals surface area contributed by atoms with E-state index >= 15 is 0 Å². The van der Waals surface area contributed by atoms with Crippen LogP contribution in [0.2, 0.25) is 0 Å². The van der Waals surface area contributed by atoms with Gasteiger partial charge in [0.2, 0.25) is 0 Å². The molecule has 0 aliphatic rings. The number of ether oxygens (including phenoxy) is 1. The Morgan fingerprint density at radius 3 is 2.53 bits per heavy atom. The summed E-state index contributed by atoms with van der Waals surface area (Å²) in [5.41, 5.74) is 2.41. The van der Waals surface area contributed by atoms with Crippen LogP contribution in [-0.2, 0) is 6.42 Å². The molecule has 102 valence electrons. The highest BCUT2D eigenvalue weighted by molar-refractivity contribution is 7.09. The molecular weight excluding hydrogens is 254 g/mol. The van der Waals surface area contributed by atoms with Crippen LogP contribution in [0.4, 0.5) is 0 Å². The second-order valence-corrected chi connectivity index (χ2v) is 5.68. The molecule has 0 radical (unpaired) electrons. The molecule has 0 saturated carbocycles. The zero-order valence-electron chi connectivity index (χ0n) is 11.6. The Morgan fingerprint density at radius 1 is 1.05 bits per heavy atom. The van der Waals surface area contributed by atoms with Gasteiger partial charge in [-0.1, -0.05) is 24.3 Å². The van der Waals surface area contributed by atoms with Crippen LogP contribution in [0.1, 0.15) is 16.0 Å². The van der Waals surface area contributed by atoms with Gasteiger partial charge in [-0.15, -0.1) is 11.3 Å². The predicted octanol–water partition coefficient (Wildman–Crippen LogP) is 3.58. The number of thiophene rings is 1. The molecule has 0 bridgehead atoms. The zero-order chi connectivity index (χ0) is 13.5. The van der Waals surface area contributed by atoms with Crippen LogP contribution < -0.4 is 10.1 Å². The molecule has 2 nitrogen and oxygen atoms in total. The van der Waals surface area contributed by atoms with E-state index in [4.69, 9.17) is 4.74 Å². The standard InChI is InChI=1S/C16H21NOS/c1-13-5-3-6-14(2)16(13)18-11-10-17-9-8-15-7-4-12-19-15/h3-7,12,17H,8-11H2,1-2H3. The lowest BCUT2D eigenvalue weighted by molar-refractivity contribution is 0.310. The van der Waals surface area contributed by atoms with Gasteiger partial charge in [0.25, 0.3) is 0 Å². The molecule has 0 fully saturated rings. The fourth-order valence-corrected chi connectivity index (χ4v) is 2.75. The molecule has 1 aromatic carbocycles. The van der Waals surface area contributed by atoms with Crippen molar-refractivity contribution in [3.05, 3.63) is 51.7 Å². The van der Waals surface area contributed by atoms with Crippen LogP contribution in [0.5, 0.6) is 5.75 Å². The summed E-state index contributed by atoms with van der Waals surface area (Å²) in [5, 5.41) is 5.54. The minimum atomic E-state index is 0.718. The second-order valence-electron chi connectivity index (χ2n) is 4.65. The number of benzene rings is 1. The minimum absolute atomic E-state index is 0.718. The van der Waals surface area contributed by atoms with E-state index in [9.17, 15) is 0 Å². The van der Waals surface area contributed by atoms with Crippen LogP contribution in [0.25, 0.3) is 0 Å². The SMILES string of the molecule is Cc1cccc(C)c1OCCNCCc1cccs1. The lowest BCUT2D eigenvalue weighted by Gasteiger charge is -2.12. The van der Waals surface area contributed by atoms with Gasteiger partial charge < -0.3 is 10.1 Å². The minimum Gasteiger partial charge on any atom is -0.492 e. The Morgan fingerprint density at radius 2 is 1.84 bits per heavy atom. The Balaban J connectivity index is 1.64. The Hall–Kier alpha value is -1.32. The van der Waals surface area contributed by atoms with E-state index < -0.39 is 0 Å². The highest BCUT2D eigenvalue weighted by atomic mass is 32.1. The fraction of sp³-hybridized carbons (Fsp3) is 0.375. The lowest BCUT2D eigenvalue weighted by atomic mass is 10.1. The average molecular weight is 275 g/mol. The summed E-state index contributed by atoms with van der Waals surface area (Å²) in [5.74, 6) is 1.03. The summed E-state index contributed by atoms with van der Waals surface area (Å²) in [6, 6.07) is 10.5. The van der Waals surface area contributed by atoms with Crippen LogP contribution in [0.15, 0.2) is 35.7 Å². The summed E-state index contributed by atoms with van der Waals surface area (Å²) in [4.78, 5) is 1.43. The van der Waals surface area contributed by atoms with Crippen molar-refractivity contribution in [3.63, 3.8) is 0 Å². The van der Waals surface area contributed by atoms with Gasteiger partial charge in [-0.3, -0.25) is 0 Å². The van der Waals surface area contributed by atoms with Crippen molar-refractivity contribution in [1.29, 1.82) is 0 Å². The summed E-state index contributed by atoms with van der Waals surface area (Å²) in [6.07, 6.45) is 1.10. The molecule has 3 heteroatoms. The molecule has 0 aliphatic carbocycles. The number of hydrogen-bond donors (Lipinski definition) is 1. The Bertz CT molecular complexity index is 473. The van der Waals surface area contributed by atoms with Gasteiger partial charge in [0.1, 0.15) is 12.4 Å². The van der Waals surface area contributed by atoms with Crippen molar-refractivity contribution in [1.82, 2.24) is 5.32 Å². The maximum atomic E-state index is 5.84. The van der Waals surface area contributed by atoms with Crippen LogP contribution >= 0.6 is 11.3 Å². The molecule has 0 unspecified atom stereocenters. The number of rotatable bonds is 7. The largest absolute Gasteiger partial charge is 0.492 e. The summed E-state index contributed by atoms with van der Waals surface area (Å²) < 4.78 is 5.84. The number of para-hydroxylation sites is 1. The smallest absolute Gasteiger partial charge is 0.125 e. The topological polar surface area (TPSA) is 21.3 Å². The van der Waals surface area contributed by atoms with E-state index in [-0.39, 0.29) is 0 Å². The summed E-state index contributed by atoms with van der Waals surface area (Å²) in [6.45, 7) is 6.80. The van der Waals surface area contributed by atoms with Crippen LogP contribution in [0, 0.1) is 13.8 Å². The van der Waals surface area contributed by atoms with Crippen molar-refractivity contribution in [2.75, 3.05) is 19.7 Å². The lowest BCUT2D eigenvalue weighted by Crippen LogP contribution is -2.23. The van der Waals surface area contributed by atoms with Crippen molar-refractivity contribution in [2.24, 2.45) is 0 Å². The average Bonchev–Trinajstić information content (AvgIpc) is 2.89. The van der Waals surface area contributed by atoms with E-state index in [2.05, 4.69) is 54.9 Å². The Labute approximate surface area is 119 Å². The third-order valence-corrected chi connectivity index (χ3v) is 4.00. The Kier molecular flexibility index (Phi) is 5.43. The number of aryl methyl sites for hydroxylation is 2. The van der Waals surface area contributed by atoms with E-state index in [1.54, 1.807) is 0 Å². The monoisotopic (exact) mass is 275 g/mol. The molecule has 19 heavy (non-hydrogen) atoms. The van der Waals surface area contributed by atoms with Crippen molar-refractivity contribution >= 4 is 11.3 Å². The van der Waals surface area contributed by atoms with E-state index in [1.807, 2.05) is 11.3 Å². The van der Waals surface area contributed by atoms with Gasteiger partial charge >= 0.3 is 0 Å². The molecule has 1 heterocycles. The van der Waals surface area contributed by atoms with Gasteiger partial charge in [-0.2, -0.15) is 0 Å². The molecule has 1 N–H and O–H groups in total. The highest BCUT2D eigenvalue weighted by Gasteiger charge is 2.02. The maximum absolute atomic E-state index is 5.84. The molecule has 2 rings (SSSR count). The third-order valence-electron chi connectivity index (χ3n) is 3.06. The third kappa shape index (κ3) is 4.37. The second kappa shape index (κ2) is 7.31. The van der Waals surface area contributed by atoms with E-state index in [0.717, 1.165) is 31.9 Å². The molecule has 1 aromatic heterocycles. The molecule has 0 spiro atoms. The van der Waals surface area contributed by atoms with E-state index in [1.165, 1.54) is 16.0 Å². The van der Waals surface area contributed by atoms with Gasteiger partial charge in [-0.25, -0.2) is 0 Å². The first-order valence-electron chi connectivity index (χ1n) is 6.69. The summed E-state index contributed by atoms with van der Waals surface area (Å²) >= 11 is 1.82. The van der Waals surface area contributed by atoms with Gasteiger partial charge in [0, 0.05) is 18.0 Å². The first-order valence-corrected chi connectivity index (χ1v) is 7.57. The fourth-order valence-electron chi connectivity index (χ4n) is 2.04. The number of nitrogens with one attached hydrogen (secondary N) is 1. The van der Waals surface area contributed by atoms with Crippen LogP contribution in [-0.4, -0.2) is 19.7 Å². The quantitative estimate of drug-likeness (QED) is 0.780. The summed E-state index contributed by atoms with van der Waals surface area (Å²) in [7, 11) is 0. The molecule has 0 atom stereocenters. The highest BCUT2D eigenvalue weighted by Crippen LogP contribution is 2.21. The maximum Gasteiger partial charge on any atom is 0.125 e. The zero-order valence-corrected chi connectivity index (χ0v) is 12.4. The molecular formula is C16H21NOS. The van der Waals surface area contributed by atoms with Crippen molar-refractivity contribution in [3.8, 4) is 5.75 Å². The number of hydrogen-bond acceptors (Lipinski definition) is 3. The predicted molar refractivity (Wildman–Crippen MR) is 82.3 cm³/mol. The van der Waals surface area contributed by atoms with Gasteiger partial charge in [0.05, 0.1) is 0 Å². The molecule has 0 saturated heterocycles. The van der Waals surface area contributed by atoms with Crippen LogP contribution in [0.3, 0.4) is 0 Å². The van der Waals surface area contributed by atoms with Crippen molar-refractivity contribution in [2.45, 2.75) is 20.3 Å². The molecule has 0 amide bonds. The van der Waals surface area contributed by atoms with Gasteiger partial charge in [0.15, 0.2) is 0 Å². The molecule has 0 aliphatic heterocycles. The normalized spacial score (nSPS) is 10.6. The molecule has 2 aromatic rings. The van der Waals surface area contributed by atoms with E-state index in [0.29, 0.717) is 0 Å².